The van der Waals surface area contributed by atoms with Crippen molar-refractivity contribution in [3.63, 3.8) is 0 Å². The van der Waals surface area contributed by atoms with Crippen LogP contribution in [0.5, 0.6) is 5.75 Å². The normalized spacial score (nSPS) is 22.8. The van der Waals surface area contributed by atoms with Crippen LogP contribution in [0, 0.1) is 11.3 Å². The Kier molecular flexibility index (Phi) is 4.43. The van der Waals surface area contributed by atoms with E-state index in [4.69, 9.17) is 4.74 Å². The molecule has 0 aliphatic carbocycles. The number of benzene rings is 1. The highest BCUT2D eigenvalue weighted by Gasteiger charge is 2.24. The monoisotopic (exact) mass is 287 g/mol. The number of anilines is 1. The van der Waals surface area contributed by atoms with Crippen molar-refractivity contribution in [2.24, 2.45) is 0 Å². The lowest BCUT2D eigenvalue weighted by Crippen LogP contribution is -2.54. The van der Waals surface area contributed by atoms with Crippen LogP contribution >= 0.6 is 0 Å². The fourth-order valence-electron chi connectivity index (χ4n) is 2.58. The molecule has 2 unspecified atom stereocenters. The van der Waals surface area contributed by atoms with Gasteiger partial charge in [-0.1, -0.05) is 0 Å². The van der Waals surface area contributed by atoms with Crippen LogP contribution in [-0.4, -0.2) is 30.8 Å². The summed E-state index contributed by atoms with van der Waals surface area (Å²) in [7, 11) is 0. The molecule has 2 atom stereocenters. The van der Waals surface area contributed by atoms with Crippen LogP contribution in [-0.2, 0) is 0 Å². The first-order chi connectivity index (χ1) is 9.80. The van der Waals surface area contributed by atoms with Gasteiger partial charge in [0.25, 0.3) is 0 Å². The minimum absolute atomic E-state index is 0.313. The third-order valence-corrected chi connectivity index (χ3v) is 3.60. The Labute approximate surface area is 127 Å². The maximum Gasteiger partial charge on any atom is 0.139 e. The van der Waals surface area contributed by atoms with Crippen LogP contribution in [0.25, 0.3) is 0 Å². The smallest absolute Gasteiger partial charge is 0.139 e. The fraction of sp³-hybridized carbons (Fsp3) is 0.588. The summed E-state index contributed by atoms with van der Waals surface area (Å²) in [6.45, 7) is 12.3. The van der Waals surface area contributed by atoms with Crippen LogP contribution in [0.3, 0.4) is 0 Å². The summed E-state index contributed by atoms with van der Waals surface area (Å²) in [5, 5.41) is 12.7. The molecule has 1 aliphatic rings. The Morgan fingerprint density at radius 1 is 1.33 bits per heavy atom. The molecule has 2 rings (SSSR count). The minimum atomic E-state index is -0.313. The molecule has 1 aromatic rings. The first-order valence-corrected chi connectivity index (χ1v) is 7.53. The van der Waals surface area contributed by atoms with E-state index in [0.29, 0.717) is 23.4 Å². The van der Waals surface area contributed by atoms with Crippen molar-refractivity contribution in [2.75, 3.05) is 18.0 Å². The van der Waals surface area contributed by atoms with Gasteiger partial charge in [0.2, 0.25) is 0 Å². The van der Waals surface area contributed by atoms with Crippen molar-refractivity contribution in [1.29, 1.82) is 5.26 Å². The van der Waals surface area contributed by atoms with Gasteiger partial charge in [-0.2, -0.15) is 5.26 Å². The van der Waals surface area contributed by atoms with E-state index >= 15 is 0 Å². The molecule has 114 valence electrons. The Bertz CT molecular complexity index is 542. The first kappa shape index (κ1) is 15.7. The summed E-state index contributed by atoms with van der Waals surface area (Å²) < 4.78 is 5.95. The van der Waals surface area contributed by atoms with Crippen molar-refractivity contribution in [3.05, 3.63) is 23.8 Å². The van der Waals surface area contributed by atoms with E-state index in [9.17, 15) is 5.26 Å². The van der Waals surface area contributed by atoms with E-state index in [1.165, 1.54) is 0 Å². The van der Waals surface area contributed by atoms with Gasteiger partial charge in [0.05, 0.1) is 5.56 Å². The number of hydrogen-bond donors (Lipinski definition) is 1. The molecular weight excluding hydrogens is 262 g/mol. The lowest BCUT2D eigenvalue weighted by Gasteiger charge is -2.39. The molecule has 21 heavy (non-hydrogen) atoms. The Morgan fingerprint density at radius 2 is 2.05 bits per heavy atom. The Balaban J connectivity index is 2.33. The molecule has 0 saturated carbocycles. The van der Waals surface area contributed by atoms with E-state index < -0.39 is 0 Å². The molecule has 1 saturated heterocycles. The number of rotatable bonds is 2. The van der Waals surface area contributed by atoms with E-state index in [0.717, 1.165) is 18.8 Å². The lowest BCUT2D eigenvalue weighted by molar-refractivity contribution is 0.130. The summed E-state index contributed by atoms with van der Waals surface area (Å²) in [5.74, 6) is 0.667. The molecule has 1 fully saturated rings. The maximum absolute atomic E-state index is 9.26. The zero-order chi connectivity index (χ0) is 15.6. The third kappa shape index (κ3) is 3.89. The number of nitrogens with zero attached hydrogens (tertiary/aromatic N) is 2. The lowest BCUT2D eigenvalue weighted by atomic mass is 10.1. The standard InChI is InChI=1S/C17H25N3O/c1-12-11-20(13(2)10-19-12)15-7-6-14(9-18)16(8-15)21-17(3,4)5/h6-8,12-13,19H,10-11H2,1-5H3. The maximum atomic E-state index is 9.26. The van der Waals surface area contributed by atoms with Crippen LogP contribution in [0.4, 0.5) is 5.69 Å². The SMILES string of the molecule is CC1CN(c2ccc(C#N)c(OC(C)(C)C)c2)C(C)CN1. The zero-order valence-electron chi connectivity index (χ0n) is 13.6. The summed E-state index contributed by atoms with van der Waals surface area (Å²) in [4.78, 5) is 2.37. The van der Waals surface area contributed by atoms with Crippen molar-refractivity contribution in [1.82, 2.24) is 5.32 Å². The van der Waals surface area contributed by atoms with E-state index in [2.05, 4.69) is 30.1 Å². The minimum Gasteiger partial charge on any atom is -0.487 e. The second kappa shape index (κ2) is 5.95. The number of nitrogens with one attached hydrogen (secondary N) is 1. The third-order valence-electron chi connectivity index (χ3n) is 3.60. The van der Waals surface area contributed by atoms with Crippen molar-refractivity contribution >= 4 is 5.69 Å². The van der Waals surface area contributed by atoms with Gasteiger partial charge in [0.1, 0.15) is 17.4 Å². The highest BCUT2D eigenvalue weighted by Crippen LogP contribution is 2.30. The molecule has 0 radical (unpaired) electrons. The van der Waals surface area contributed by atoms with Gasteiger partial charge in [0.15, 0.2) is 0 Å². The van der Waals surface area contributed by atoms with Gasteiger partial charge >= 0.3 is 0 Å². The van der Waals surface area contributed by atoms with Gasteiger partial charge in [-0.15, -0.1) is 0 Å². The Hall–Kier alpha value is -1.73. The largest absolute Gasteiger partial charge is 0.487 e. The van der Waals surface area contributed by atoms with E-state index in [-0.39, 0.29) is 5.60 Å². The molecule has 4 nitrogen and oxygen atoms in total. The molecule has 4 heteroatoms. The van der Waals surface area contributed by atoms with E-state index in [1.807, 2.05) is 39.0 Å². The summed E-state index contributed by atoms with van der Waals surface area (Å²) in [5.41, 5.74) is 1.39. The number of piperazine rings is 1. The summed E-state index contributed by atoms with van der Waals surface area (Å²) in [6.07, 6.45) is 0. The van der Waals surface area contributed by atoms with Gasteiger partial charge in [0, 0.05) is 36.9 Å². The molecular formula is C17H25N3O. The highest BCUT2D eigenvalue weighted by atomic mass is 16.5. The number of ether oxygens (including phenoxy) is 1. The fourth-order valence-corrected chi connectivity index (χ4v) is 2.58. The summed E-state index contributed by atoms with van der Waals surface area (Å²) in [6, 6.07) is 8.97. The van der Waals surface area contributed by atoms with Crippen LogP contribution < -0.4 is 15.0 Å². The molecule has 0 spiro atoms. The Morgan fingerprint density at radius 3 is 2.67 bits per heavy atom. The summed E-state index contributed by atoms with van der Waals surface area (Å²) >= 11 is 0. The first-order valence-electron chi connectivity index (χ1n) is 7.53. The predicted octanol–water partition coefficient (Wildman–Crippen LogP) is 2.92. The second-order valence-electron chi connectivity index (χ2n) is 6.82. The number of nitriles is 1. The van der Waals surface area contributed by atoms with Crippen molar-refractivity contribution in [3.8, 4) is 11.8 Å². The molecule has 1 N–H and O–H groups in total. The van der Waals surface area contributed by atoms with Gasteiger partial charge < -0.3 is 15.0 Å². The van der Waals surface area contributed by atoms with Crippen LogP contribution in [0.1, 0.15) is 40.2 Å². The second-order valence-corrected chi connectivity index (χ2v) is 6.82. The predicted molar refractivity (Wildman–Crippen MR) is 85.8 cm³/mol. The quantitative estimate of drug-likeness (QED) is 0.908. The van der Waals surface area contributed by atoms with Crippen molar-refractivity contribution < 1.29 is 4.74 Å². The van der Waals surface area contributed by atoms with Gasteiger partial charge in [-0.25, -0.2) is 0 Å². The molecule has 1 aliphatic heterocycles. The van der Waals surface area contributed by atoms with Crippen LogP contribution in [0.2, 0.25) is 0 Å². The number of hydrogen-bond acceptors (Lipinski definition) is 4. The molecule has 0 aromatic heterocycles. The molecule has 0 amide bonds. The average molecular weight is 287 g/mol. The van der Waals surface area contributed by atoms with Gasteiger partial charge in [-0.05, 0) is 46.8 Å². The molecule has 0 bridgehead atoms. The molecule has 1 heterocycles. The van der Waals surface area contributed by atoms with Crippen LogP contribution in [0.15, 0.2) is 18.2 Å². The van der Waals surface area contributed by atoms with Crippen molar-refractivity contribution in [2.45, 2.75) is 52.3 Å². The zero-order valence-corrected chi connectivity index (χ0v) is 13.6. The average Bonchev–Trinajstić information content (AvgIpc) is 2.39. The van der Waals surface area contributed by atoms with Gasteiger partial charge in [-0.3, -0.25) is 0 Å². The topological polar surface area (TPSA) is 48.3 Å². The molecule has 1 aromatic carbocycles. The van der Waals surface area contributed by atoms with E-state index in [1.54, 1.807) is 0 Å². The highest BCUT2D eigenvalue weighted by molar-refractivity contribution is 5.58.